The molecule has 0 aliphatic carbocycles. The van der Waals surface area contributed by atoms with Gasteiger partial charge in [-0.2, -0.15) is 0 Å². The number of rotatable bonds is 7. The minimum absolute atomic E-state index is 0.0944. The van der Waals surface area contributed by atoms with E-state index in [1.807, 2.05) is 0 Å². The van der Waals surface area contributed by atoms with E-state index in [9.17, 15) is 9.59 Å². The number of anilines is 1. The number of halogens is 1. The van der Waals surface area contributed by atoms with E-state index in [4.69, 9.17) is 21.7 Å². The van der Waals surface area contributed by atoms with Crippen LogP contribution in [0.25, 0.3) is 0 Å². The standard InChI is InChI=1S/C20H22BrN3O4S/c1-24(2)19(26)13-4-7-15(8-5-13)22-20(29)23-18(25)16-12-14(21)6-9-17(16)28-11-10-27-3/h4-9,12H,10-11H2,1-3H3,(H2,22,23,25,29). The van der Waals surface area contributed by atoms with Crippen molar-refractivity contribution in [3.05, 3.63) is 58.1 Å². The molecule has 0 aliphatic rings. The number of ether oxygens (including phenoxy) is 2. The maximum Gasteiger partial charge on any atom is 0.261 e. The number of amides is 2. The first-order valence-electron chi connectivity index (χ1n) is 8.67. The van der Waals surface area contributed by atoms with Crippen molar-refractivity contribution in [3.63, 3.8) is 0 Å². The Morgan fingerprint density at radius 2 is 1.79 bits per heavy atom. The van der Waals surface area contributed by atoms with Gasteiger partial charge in [-0.15, -0.1) is 0 Å². The average molecular weight is 480 g/mol. The third-order valence-electron chi connectivity index (χ3n) is 3.75. The van der Waals surface area contributed by atoms with Gasteiger partial charge in [0.25, 0.3) is 11.8 Å². The van der Waals surface area contributed by atoms with Crippen molar-refractivity contribution in [2.75, 3.05) is 39.7 Å². The SMILES string of the molecule is COCCOc1ccc(Br)cc1C(=O)NC(=S)Nc1ccc(C(=O)N(C)C)cc1. The molecule has 0 spiro atoms. The number of carbonyl (C=O) groups is 2. The van der Waals surface area contributed by atoms with E-state index in [1.54, 1.807) is 63.7 Å². The first kappa shape index (κ1) is 22.8. The molecule has 2 aromatic carbocycles. The van der Waals surface area contributed by atoms with Crippen LogP contribution >= 0.6 is 28.1 Å². The second kappa shape index (κ2) is 10.9. The van der Waals surface area contributed by atoms with Gasteiger partial charge in [0.05, 0.1) is 12.2 Å². The molecular formula is C20H22BrN3O4S. The summed E-state index contributed by atoms with van der Waals surface area (Å²) in [5, 5.41) is 5.69. The summed E-state index contributed by atoms with van der Waals surface area (Å²) in [5.41, 5.74) is 1.55. The van der Waals surface area contributed by atoms with Gasteiger partial charge >= 0.3 is 0 Å². The Morgan fingerprint density at radius 3 is 2.41 bits per heavy atom. The zero-order chi connectivity index (χ0) is 21.4. The number of benzene rings is 2. The highest BCUT2D eigenvalue weighted by Gasteiger charge is 2.15. The van der Waals surface area contributed by atoms with Gasteiger partial charge in [-0.3, -0.25) is 14.9 Å². The predicted molar refractivity (Wildman–Crippen MR) is 120 cm³/mol. The van der Waals surface area contributed by atoms with Crippen LogP contribution in [0.2, 0.25) is 0 Å². The summed E-state index contributed by atoms with van der Waals surface area (Å²) in [4.78, 5) is 26.1. The molecule has 0 saturated carbocycles. The van der Waals surface area contributed by atoms with Crippen LogP contribution in [0.1, 0.15) is 20.7 Å². The van der Waals surface area contributed by atoms with Crippen molar-refractivity contribution in [1.29, 1.82) is 0 Å². The molecule has 0 heterocycles. The van der Waals surface area contributed by atoms with E-state index in [0.717, 1.165) is 4.47 Å². The molecule has 154 valence electrons. The minimum Gasteiger partial charge on any atom is -0.490 e. The quantitative estimate of drug-likeness (QED) is 0.468. The molecule has 2 amide bonds. The van der Waals surface area contributed by atoms with Crippen LogP contribution in [0.5, 0.6) is 5.75 Å². The Labute approximate surface area is 183 Å². The molecule has 0 radical (unpaired) electrons. The molecule has 7 nitrogen and oxygen atoms in total. The summed E-state index contributed by atoms with van der Waals surface area (Å²) < 4.78 is 11.3. The topological polar surface area (TPSA) is 79.9 Å². The predicted octanol–water partition coefficient (Wildman–Crippen LogP) is 3.30. The lowest BCUT2D eigenvalue weighted by Gasteiger charge is -2.14. The number of nitrogens with zero attached hydrogens (tertiary/aromatic N) is 1. The van der Waals surface area contributed by atoms with E-state index in [0.29, 0.717) is 35.8 Å². The van der Waals surface area contributed by atoms with Gasteiger partial charge in [-0.1, -0.05) is 15.9 Å². The molecule has 2 rings (SSSR count). The lowest BCUT2D eigenvalue weighted by Crippen LogP contribution is -2.34. The number of hydrogen-bond acceptors (Lipinski definition) is 5. The van der Waals surface area contributed by atoms with Gasteiger partial charge in [-0.05, 0) is 54.7 Å². The third kappa shape index (κ3) is 6.81. The molecule has 0 saturated heterocycles. The summed E-state index contributed by atoms with van der Waals surface area (Å²) in [6.07, 6.45) is 0. The van der Waals surface area contributed by atoms with Crippen LogP contribution in [0.15, 0.2) is 46.9 Å². The summed E-state index contributed by atoms with van der Waals surface area (Å²) in [6.45, 7) is 0.725. The van der Waals surface area contributed by atoms with E-state index >= 15 is 0 Å². The second-order valence-corrected chi connectivity index (χ2v) is 7.49. The van der Waals surface area contributed by atoms with Crippen LogP contribution in [0, 0.1) is 0 Å². The van der Waals surface area contributed by atoms with Crippen LogP contribution in [-0.4, -0.2) is 56.2 Å². The fraction of sp³-hybridized carbons (Fsp3) is 0.250. The van der Waals surface area contributed by atoms with Crippen molar-refractivity contribution >= 4 is 50.8 Å². The largest absolute Gasteiger partial charge is 0.490 e. The van der Waals surface area contributed by atoms with E-state index in [2.05, 4.69) is 26.6 Å². The Morgan fingerprint density at radius 1 is 1.10 bits per heavy atom. The summed E-state index contributed by atoms with van der Waals surface area (Å²) in [7, 11) is 4.95. The number of nitrogens with one attached hydrogen (secondary N) is 2. The summed E-state index contributed by atoms with van der Waals surface area (Å²) in [5.74, 6) is -0.0733. The van der Waals surface area contributed by atoms with Crippen molar-refractivity contribution in [2.45, 2.75) is 0 Å². The van der Waals surface area contributed by atoms with Crippen molar-refractivity contribution < 1.29 is 19.1 Å². The Kier molecular flexibility index (Phi) is 8.56. The molecule has 0 bridgehead atoms. The fourth-order valence-electron chi connectivity index (χ4n) is 2.33. The third-order valence-corrected chi connectivity index (χ3v) is 4.45. The van der Waals surface area contributed by atoms with Crippen molar-refractivity contribution in [3.8, 4) is 5.75 Å². The number of methoxy groups -OCH3 is 1. The Balaban J connectivity index is 2.03. The Bertz CT molecular complexity index is 888. The number of hydrogen-bond donors (Lipinski definition) is 2. The van der Waals surface area contributed by atoms with Crippen LogP contribution < -0.4 is 15.4 Å². The zero-order valence-electron chi connectivity index (χ0n) is 16.3. The highest BCUT2D eigenvalue weighted by molar-refractivity contribution is 9.10. The second-order valence-electron chi connectivity index (χ2n) is 6.17. The number of carbonyl (C=O) groups excluding carboxylic acids is 2. The van der Waals surface area contributed by atoms with Crippen molar-refractivity contribution in [1.82, 2.24) is 10.2 Å². The van der Waals surface area contributed by atoms with Gasteiger partial charge in [-0.25, -0.2) is 0 Å². The van der Waals surface area contributed by atoms with Crippen LogP contribution in [0.4, 0.5) is 5.69 Å². The molecule has 2 N–H and O–H groups in total. The summed E-state index contributed by atoms with van der Waals surface area (Å²) in [6, 6.07) is 11.9. The van der Waals surface area contributed by atoms with Gasteiger partial charge in [0.2, 0.25) is 0 Å². The molecule has 0 unspecified atom stereocenters. The maximum atomic E-state index is 12.6. The van der Waals surface area contributed by atoms with Crippen LogP contribution in [-0.2, 0) is 4.74 Å². The number of thiocarbonyl (C=S) groups is 1. The fourth-order valence-corrected chi connectivity index (χ4v) is 2.90. The molecule has 0 aliphatic heterocycles. The van der Waals surface area contributed by atoms with Gasteiger partial charge in [0.1, 0.15) is 12.4 Å². The smallest absolute Gasteiger partial charge is 0.261 e. The minimum atomic E-state index is -0.407. The van der Waals surface area contributed by atoms with E-state index in [1.165, 1.54) is 4.90 Å². The van der Waals surface area contributed by atoms with Gasteiger partial charge in [0, 0.05) is 36.9 Å². The Hall–Kier alpha value is -2.49. The van der Waals surface area contributed by atoms with E-state index < -0.39 is 5.91 Å². The first-order valence-corrected chi connectivity index (χ1v) is 9.87. The molecule has 0 fully saturated rings. The molecule has 0 atom stereocenters. The highest BCUT2D eigenvalue weighted by atomic mass is 79.9. The van der Waals surface area contributed by atoms with Gasteiger partial charge < -0.3 is 19.7 Å². The highest BCUT2D eigenvalue weighted by Crippen LogP contribution is 2.23. The maximum absolute atomic E-state index is 12.6. The molecule has 9 heteroatoms. The normalized spacial score (nSPS) is 10.2. The monoisotopic (exact) mass is 479 g/mol. The molecular weight excluding hydrogens is 458 g/mol. The zero-order valence-corrected chi connectivity index (χ0v) is 18.7. The van der Waals surface area contributed by atoms with Crippen molar-refractivity contribution in [2.24, 2.45) is 0 Å². The van der Waals surface area contributed by atoms with Gasteiger partial charge in [0.15, 0.2) is 5.11 Å². The molecule has 2 aromatic rings. The molecule has 29 heavy (non-hydrogen) atoms. The van der Waals surface area contributed by atoms with E-state index in [-0.39, 0.29) is 11.0 Å². The lowest BCUT2D eigenvalue weighted by molar-refractivity contribution is 0.0827. The van der Waals surface area contributed by atoms with Crippen LogP contribution in [0.3, 0.4) is 0 Å². The lowest BCUT2D eigenvalue weighted by atomic mass is 10.2. The average Bonchev–Trinajstić information content (AvgIpc) is 2.69. The first-order chi connectivity index (χ1) is 13.8. The summed E-state index contributed by atoms with van der Waals surface area (Å²) >= 11 is 8.59. The molecule has 0 aromatic heterocycles.